The van der Waals surface area contributed by atoms with Crippen LogP contribution in [0.3, 0.4) is 0 Å². The zero-order valence-electron chi connectivity index (χ0n) is 19.9. The minimum Gasteiger partial charge on any atom is -0.462 e. The molecule has 0 radical (unpaired) electrons. The van der Waals surface area contributed by atoms with Crippen molar-refractivity contribution in [1.29, 1.82) is 0 Å². The standard InChI is InChI=1S/C26H38O3Si/c1-8-28-23(27)16-15-21-17-19-25(5)18-11-13-20-12-9-10-14-22(20)26(21,25)29-30(6,7)24(2,3)4/h9-10,12,14,16H,8,11,13,17-19H2,1-7H3/t15?,25-,26+/m0/s1. The van der Waals surface area contributed by atoms with Gasteiger partial charge in [0.1, 0.15) is 5.60 Å². The van der Waals surface area contributed by atoms with Crippen LogP contribution in [-0.4, -0.2) is 20.9 Å². The molecular formula is C26H38O3Si. The van der Waals surface area contributed by atoms with Gasteiger partial charge in [-0.25, -0.2) is 4.79 Å². The van der Waals surface area contributed by atoms with Crippen LogP contribution in [0.25, 0.3) is 0 Å². The number of carbonyl (C=O) groups is 1. The van der Waals surface area contributed by atoms with Gasteiger partial charge in [-0.15, -0.1) is 5.73 Å². The summed E-state index contributed by atoms with van der Waals surface area (Å²) >= 11 is 0. The van der Waals surface area contributed by atoms with E-state index < -0.39 is 13.9 Å². The number of ether oxygens (including phenoxy) is 1. The van der Waals surface area contributed by atoms with E-state index in [0.29, 0.717) is 6.61 Å². The first-order chi connectivity index (χ1) is 14.0. The summed E-state index contributed by atoms with van der Waals surface area (Å²) in [7, 11) is -2.13. The molecule has 0 aromatic heterocycles. The molecule has 1 fully saturated rings. The minimum absolute atomic E-state index is 0.0139. The Morgan fingerprint density at radius 3 is 2.57 bits per heavy atom. The van der Waals surface area contributed by atoms with Gasteiger partial charge >= 0.3 is 5.97 Å². The number of aryl methyl sites for hydroxylation is 1. The number of fused-ring (bicyclic) bond motifs is 3. The Balaban J connectivity index is 2.29. The molecule has 3 nitrogen and oxygen atoms in total. The van der Waals surface area contributed by atoms with Crippen molar-refractivity contribution in [3.63, 3.8) is 0 Å². The van der Waals surface area contributed by atoms with E-state index >= 15 is 0 Å². The summed E-state index contributed by atoms with van der Waals surface area (Å²) in [5.74, 6) is -0.331. The lowest BCUT2D eigenvalue weighted by molar-refractivity contribution is -0.137. The molecule has 1 saturated carbocycles. The lowest BCUT2D eigenvalue weighted by Gasteiger charge is -2.51. The molecule has 0 amide bonds. The van der Waals surface area contributed by atoms with Crippen LogP contribution < -0.4 is 0 Å². The zero-order chi connectivity index (χ0) is 22.2. The minimum atomic E-state index is -2.13. The highest BCUT2D eigenvalue weighted by Gasteiger charge is 2.61. The van der Waals surface area contributed by atoms with E-state index in [4.69, 9.17) is 9.16 Å². The Morgan fingerprint density at radius 1 is 1.20 bits per heavy atom. The van der Waals surface area contributed by atoms with Gasteiger partial charge in [0, 0.05) is 11.0 Å². The average molecular weight is 427 g/mol. The van der Waals surface area contributed by atoms with Gasteiger partial charge in [-0.2, -0.15) is 0 Å². The van der Waals surface area contributed by atoms with E-state index in [1.165, 1.54) is 17.2 Å². The lowest BCUT2D eigenvalue weighted by atomic mass is 9.69. The van der Waals surface area contributed by atoms with Crippen LogP contribution in [0.1, 0.15) is 71.4 Å². The summed E-state index contributed by atoms with van der Waals surface area (Å²) < 4.78 is 12.6. The smallest absolute Gasteiger partial charge is 0.338 e. The quantitative estimate of drug-likeness (QED) is 0.233. The van der Waals surface area contributed by atoms with E-state index in [1.807, 2.05) is 6.92 Å². The maximum atomic E-state index is 12.1. The van der Waals surface area contributed by atoms with Crippen LogP contribution in [0.2, 0.25) is 18.1 Å². The molecule has 0 N–H and O–H groups in total. The molecule has 0 spiro atoms. The third-order valence-electron chi connectivity index (χ3n) is 7.64. The van der Waals surface area contributed by atoms with Crippen molar-refractivity contribution in [2.75, 3.05) is 6.61 Å². The van der Waals surface area contributed by atoms with E-state index in [-0.39, 0.29) is 16.4 Å². The average Bonchev–Trinajstić information content (AvgIpc) is 2.85. The van der Waals surface area contributed by atoms with E-state index in [2.05, 4.69) is 70.8 Å². The molecule has 2 aliphatic carbocycles. The first-order valence-corrected chi connectivity index (χ1v) is 14.3. The first kappa shape index (κ1) is 23.1. The fourth-order valence-corrected chi connectivity index (χ4v) is 6.49. The summed E-state index contributed by atoms with van der Waals surface area (Å²) in [6.45, 7) is 16.1. The van der Waals surface area contributed by atoms with Gasteiger partial charge in [-0.1, -0.05) is 52.0 Å². The molecule has 0 aliphatic heterocycles. The fourth-order valence-electron chi connectivity index (χ4n) is 4.94. The summed E-state index contributed by atoms with van der Waals surface area (Å²) in [6.07, 6.45) is 6.77. The highest BCUT2D eigenvalue weighted by molar-refractivity contribution is 6.74. The predicted octanol–water partition coefficient (Wildman–Crippen LogP) is 6.68. The first-order valence-electron chi connectivity index (χ1n) is 11.4. The third-order valence-corrected chi connectivity index (χ3v) is 12.1. The summed E-state index contributed by atoms with van der Waals surface area (Å²) in [5, 5.41) is 0.0858. The number of esters is 1. The Hall–Kier alpha value is -1.61. The fraction of sp³-hybridized carbons (Fsp3) is 0.615. The number of hydrogen-bond acceptors (Lipinski definition) is 3. The van der Waals surface area contributed by atoms with Crippen molar-refractivity contribution >= 4 is 14.3 Å². The molecule has 164 valence electrons. The van der Waals surface area contributed by atoms with Crippen molar-refractivity contribution < 1.29 is 14.0 Å². The Labute approximate surface area is 183 Å². The second kappa shape index (κ2) is 8.14. The number of carbonyl (C=O) groups excluding carboxylic acids is 1. The van der Waals surface area contributed by atoms with Gasteiger partial charge in [0.15, 0.2) is 8.32 Å². The highest BCUT2D eigenvalue weighted by Crippen LogP contribution is 2.63. The molecule has 0 saturated heterocycles. The molecule has 1 aromatic rings. The van der Waals surface area contributed by atoms with Crippen molar-refractivity contribution in [3.05, 3.63) is 52.8 Å². The van der Waals surface area contributed by atoms with Crippen molar-refractivity contribution in [1.82, 2.24) is 0 Å². The highest BCUT2D eigenvalue weighted by atomic mass is 28.4. The zero-order valence-corrected chi connectivity index (χ0v) is 20.9. The maximum Gasteiger partial charge on any atom is 0.338 e. The second-order valence-corrected chi connectivity index (χ2v) is 15.4. The number of rotatable bonds is 4. The summed E-state index contributed by atoms with van der Waals surface area (Å²) in [4.78, 5) is 12.1. The van der Waals surface area contributed by atoms with Crippen LogP contribution in [-0.2, 0) is 26.0 Å². The van der Waals surface area contributed by atoms with Crippen LogP contribution in [0.5, 0.6) is 0 Å². The third kappa shape index (κ3) is 3.86. The van der Waals surface area contributed by atoms with Gasteiger partial charge < -0.3 is 9.16 Å². The van der Waals surface area contributed by atoms with Crippen molar-refractivity contribution in [2.24, 2.45) is 5.41 Å². The van der Waals surface area contributed by atoms with E-state index in [1.54, 1.807) is 0 Å². The second-order valence-electron chi connectivity index (χ2n) is 10.6. The summed E-state index contributed by atoms with van der Waals surface area (Å²) in [5.41, 5.74) is 6.60. The largest absolute Gasteiger partial charge is 0.462 e. The number of benzene rings is 1. The van der Waals surface area contributed by atoms with Gasteiger partial charge in [-0.3, -0.25) is 0 Å². The maximum absolute atomic E-state index is 12.1. The Morgan fingerprint density at radius 2 is 1.90 bits per heavy atom. The lowest BCUT2D eigenvalue weighted by Crippen LogP contribution is -2.53. The SMILES string of the molecule is CCOC(=O)C=C=C1CC[C@]2(C)CCCc3ccccc3[C@]12O[Si](C)(C)C(C)(C)C. The van der Waals surface area contributed by atoms with E-state index in [9.17, 15) is 4.79 Å². The van der Waals surface area contributed by atoms with Gasteiger partial charge in [0.25, 0.3) is 0 Å². The van der Waals surface area contributed by atoms with E-state index in [0.717, 1.165) is 37.7 Å². The van der Waals surface area contributed by atoms with Gasteiger partial charge in [0.2, 0.25) is 0 Å². The molecule has 30 heavy (non-hydrogen) atoms. The molecule has 4 heteroatoms. The number of hydrogen-bond donors (Lipinski definition) is 0. The normalized spacial score (nSPS) is 26.3. The molecule has 1 aromatic carbocycles. The molecule has 3 rings (SSSR count). The van der Waals surface area contributed by atoms with Gasteiger partial charge in [-0.05, 0) is 68.3 Å². The van der Waals surface area contributed by atoms with Crippen LogP contribution in [0.15, 0.2) is 41.6 Å². The molecule has 0 bridgehead atoms. The van der Waals surface area contributed by atoms with Crippen LogP contribution in [0.4, 0.5) is 0 Å². The van der Waals surface area contributed by atoms with Crippen molar-refractivity contribution in [3.8, 4) is 0 Å². The molecule has 2 atom stereocenters. The molecule has 0 heterocycles. The van der Waals surface area contributed by atoms with Gasteiger partial charge in [0.05, 0.1) is 12.7 Å². The molecule has 2 aliphatic rings. The Kier molecular flexibility index (Phi) is 6.26. The predicted molar refractivity (Wildman–Crippen MR) is 125 cm³/mol. The monoisotopic (exact) mass is 426 g/mol. The Bertz CT molecular complexity index is 873. The van der Waals surface area contributed by atoms with Crippen molar-refractivity contribution in [2.45, 2.75) is 90.5 Å². The topological polar surface area (TPSA) is 35.5 Å². The molecule has 0 unspecified atom stereocenters. The van der Waals surface area contributed by atoms with Crippen LogP contribution >= 0.6 is 0 Å². The molecular weight excluding hydrogens is 388 g/mol. The van der Waals surface area contributed by atoms with Crippen LogP contribution in [0, 0.1) is 5.41 Å². The summed E-state index contributed by atoms with van der Waals surface area (Å²) in [6, 6.07) is 8.77.